The lowest BCUT2D eigenvalue weighted by Crippen LogP contribution is -2.25. The van der Waals surface area contributed by atoms with Crippen molar-refractivity contribution >= 4 is 39.1 Å². The molecule has 0 saturated carbocycles. The van der Waals surface area contributed by atoms with Gasteiger partial charge in [0, 0.05) is 35.1 Å². The third-order valence-electron chi connectivity index (χ3n) is 4.77. The first-order valence-corrected chi connectivity index (χ1v) is 12.1. The highest BCUT2D eigenvalue weighted by atomic mass is 32.2. The topological polar surface area (TPSA) is 102 Å². The predicted molar refractivity (Wildman–Crippen MR) is 116 cm³/mol. The van der Waals surface area contributed by atoms with Crippen LogP contribution in [0.15, 0.2) is 52.3 Å². The quantitative estimate of drug-likeness (QED) is 0.675. The first kappa shape index (κ1) is 22.2. The van der Waals surface area contributed by atoms with E-state index in [0.717, 1.165) is 10.5 Å². The van der Waals surface area contributed by atoms with E-state index in [9.17, 15) is 18.0 Å². The summed E-state index contributed by atoms with van der Waals surface area (Å²) in [6.45, 7) is 2.08. The molecule has 30 heavy (non-hydrogen) atoms. The first-order valence-electron chi connectivity index (χ1n) is 9.49. The van der Waals surface area contributed by atoms with Gasteiger partial charge in [0.2, 0.25) is 11.8 Å². The Morgan fingerprint density at radius 1 is 1.27 bits per heavy atom. The molecule has 1 heterocycles. The number of sulfone groups is 1. The van der Waals surface area contributed by atoms with Crippen LogP contribution in [0.25, 0.3) is 0 Å². The maximum absolute atomic E-state index is 12.7. The third kappa shape index (κ3) is 5.34. The van der Waals surface area contributed by atoms with Gasteiger partial charge in [-0.25, -0.2) is 8.42 Å². The van der Waals surface area contributed by atoms with Crippen LogP contribution in [0.1, 0.15) is 18.9 Å². The third-order valence-corrected chi connectivity index (χ3v) is 7.82. The highest BCUT2D eigenvalue weighted by Gasteiger charge is 2.23. The molecule has 0 fully saturated rings. The van der Waals surface area contributed by atoms with Gasteiger partial charge >= 0.3 is 0 Å². The van der Waals surface area contributed by atoms with Gasteiger partial charge in [-0.3, -0.25) is 9.59 Å². The highest BCUT2D eigenvalue weighted by Crippen LogP contribution is 2.34. The number of hydrogen-bond acceptors (Lipinski definition) is 6. The van der Waals surface area contributed by atoms with E-state index in [2.05, 4.69) is 10.6 Å². The number of methoxy groups -OCH3 is 1. The molecule has 0 aliphatic carbocycles. The number of rotatable bonds is 7. The van der Waals surface area contributed by atoms with Crippen LogP contribution in [-0.4, -0.2) is 38.8 Å². The Balaban J connectivity index is 1.62. The summed E-state index contributed by atoms with van der Waals surface area (Å²) in [4.78, 5) is 25.2. The molecule has 2 aromatic rings. The summed E-state index contributed by atoms with van der Waals surface area (Å²) in [5.41, 5.74) is 1.31. The Morgan fingerprint density at radius 2 is 2.03 bits per heavy atom. The minimum absolute atomic E-state index is 0.0919. The normalized spacial score (nSPS) is 16.2. The minimum Gasteiger partial charge on any atom is -0.496 e. The molecule has 0 radical (unpaired) electrons. The van der Waals surface area contributed by atoms with Crippen LogP contribution in [-0.2, 0) is 26.0 Å². The van der Waals surface area contributed by atoms with Crippen molar-refractivity contribution in [3.05, 3.63) is 48.0 Å². The molecule has 1 atom stereocenters. The van der Waals surface area contributed by atoms with Crippen LogP contribution in [0, 0.1) is 5.92 Å². The van der Waals surface area contributed by atoms with E-state index in [-0.39, 0.29) is 41.3 Å². The molecule has 2 N–H and O–H groups in total. The molecular weight excluding hydrogens is 424 g/mol. The van der Waals surface area contributed by atoms with E-state index in [1.165, 1.54) is 23.9 Å². The summed E-state index contributed by atoms with van der Waals surface area (Å²) in [5, 5.41) is 5.51. The maximum atomic E-state index is 12.7. The van der Waals surface area contributed by atoms with Crippen LogP contribution in [0.4, 0.5) is 5.69 Å². The number of anilines is 1. The summed E-state index contributed by atoms with van der Waals surface area (Å²) in [5.74, 6) is 0.320. The van der Waals surface area contributed by atoms with E-state index in [4.69, 9.17) is 4.74 Å². The molecule has 0 spiro atoms. The number of benzene rings is 2. The van der Waals surface area contributed by atoms with Crippen molar-refractivity contribution in [1.82, 2.24) is 5.32 Å². The van der Waals surface area contributed by atoms with Gasteiger partial charge in [0.1, 0.15) is 5.75 Å². The molecule has 7 nitrogen and oxygen atoms in total. The maximum Gasteiger partial charge on any atom is 0.228 e. The smallest absolute Gasteiger partial charge is 0.228 e. The highest BCUT2D eigenvalue weighted by molar-refractivity contribution is 7.99. The average molecular weight is 449 g/mol. The van der Waals surface area contributed by atoms with Crippen molar-refractivity contribution in [1.29, 1.82) is 0 Å². The van der Waals surface area contributed by atoms with Crippen LogP contribution in [0.3, 0.4) is 0 Å². The summed E-state index contributed by atoms with van der Waals surface area (Å²) in [6.07, 6.45) is -0.160. The zero-order valence-corrected chi connectivity index (χ0v) is 18.4. The second-order valence-corrected chi connectivity index (χ2v) is 10.2. The fourth-order valence-corrected chi connectivity index (χ4v) is 5.22. The van der Waals surface area contributed by atoms with E-state index in [0.29, 0.717) is 17.2 Å². The number of thioether (sulfide) groups is 1. The lowest BCUT2D eigenvalue weighted by atomic mass is 10.2. The van der Waals surface area contributed by atoms with E-state index in [1.54, 1.807) is 19.2 Å². The van der Waals surface area contributed by atoms with Gasteiger partial charge in [-0.05, 0) is 24.3 Å². The lowest BCUT2D eigenvalue weighted by Gasteiger charge is -2.11. The van der Waals surface area contributed by atoms with Crippen molar-refractivity contribution < 1.29 is 22.7 Å². The van der Waals surface area contributed by atoms with Crippen molar-refractivity contribution in [3.8, 4) is 5.75 Å². The standard InChI is InChI=1S/C21H24N2O5S2/c1-14-13-29-19-8-7-16(11-17(19)23-21(14)25)30(26,27)10-9-20(24)22-12-15-5-3-4-6-18(15)28-2/h3-8,11,14H,9-10,12-13H2,1-2H3,(H,22,24)(H,23,25). The zero-order chi connectivity index (χ0) is 21.7. The number of hydrogen-bond donors (Lipinski definition) is 2. The largest absolute Gasteiger partial charge is 0.496 e. The van der Waals surface area contributed by atoms with Crippen molar-refractivity contribution in [2.45, 2.75) is 29.7 Å². The Morgan fingerprint density at radius 3 is 2.80 bits per heavy atom. The SMILES string of the molecule is COc1ccccc1CNC(=O)CCS(=O)(=O)c1ccc2c(c1)NC(=O)C(C)CS2. The van der Waals surface area contributed by atoms with Gasteiger partial charge in [0.05, 0.1) is 23.4 Å². The van der Waals surface area contributed by atoms with Gasteiger partial charge in [-0.1, -0.05) is 25.1 Å². The van der Waals surface area contributed by atoms with Crippen molar-refractivity contribution in [3.63, 3.8) is 0 Å². The molecular formula is C21H24N2O5S2. The molecule has 1 aliphatic heterocycles. The predicted octanol–water partition coefficient (Wildman–Crippen LogP) is 2.86. The number of fused-ring (bicyclic) bond motifs is 1. The molecule has 1 aliphatic rings. The van der Waals surface area contributed by atoms with Crippen molar-refractivity contribution in [2.75, 3.05) is 23.9 Å². The van der Waals surface area contributed by atoms with E-state index in [1.807, 2.05) is 25.1 Å². The van der Waals surface area contributed by atoms with Gasteiger partial charge in [-0.15, -0.1) is 11.8 Å². The van der Waals surface area contributed by atoms with Crippen LogP contribution >= 0.6 is 11.8 Å². The van der Waals surface area contributed by atoms with Crippen LogP contribution in [0.5, 0.6) is 5.75 Å². The summed E-state index contributed by atoms with van der Waals surface area (Å²) in [7, 11) is -2.12. The van der Waals surface area contributed by atoms with Gasteiger partial charge in [0.15, 0.2) is 9.84 Å². The molecule has 2 amide bonds. The Hall–Kier alpha value is -2.52. The summed E-state index contributed by atoms with van der Waals surface area (Å²) >= 11 is 1.51. The molecule has 9 heteroatoms. The van der Waals surface area contributed by atoms with E-state index >= 15 is 0 Å². The molecule has 3 rings (SSSR count). The fraction of sp³-hybridized carbons (Fsp3) is 0.333. The molecule has 0 aromatic heterocycles. The second-order valence-electron chi connectivity index (χ2n) is 7.02. The monoisotopic (exact) mass is 448 g/mol. The van der Waals surface area contributed by atoms with Gasteiger partial charge in [0.25, 0.3) is 0 Å². The average Bonchev–Trinajstić information content (AvgIpc) is 2.88. The molecule has 160 valence electrons. The molecule has 2 aromatic carbocycles. The van der Waals surface area contributed by atoms with Crippen LogP contribution < -0.4 is 15.4 Å². The van der Waals surface area contributed by atoms with Crippen molar-refractivity contribution in [2.24, 2.45) is 5.92 Å². The number of nitrogens with one attached hydrogen (secondary N) is 2. The van der Waals surface area contributed by atoms with Gasteiger partial charge < -0.3 is 15.4 Å². The Kier molecular flexibility index (Phi) is 7.04. The number of carbonyl (C=O) groups is 2. The Bertz CT molecular complexity index is 1050. The minimum atomic E-state index is -3.67. The fourth-order valence-electron chi connectivity index (χ4n) is 2.95. The lowest BCUT2D eigenvalue weighted by molar-refractivity contribution is -0.121. The molecule has 0 bridgehead atoms. The molecule has 0 saturated heterocycles. The zero-order valence-electron chi connectivity index (χ0n) is 16.8. The van der Waals surface area contributed by atoms with E-state index < -0.39 is 9.84 Å². The Labute approximate surface area is 180 Å². The first-order chi connectivity index (χ1) is 14.3. The second kappa shape index (κ2) is 9.53. The summed E-state index contributed by atoms with van der Waals surface area (Å²) in [6, 6.07) is 12.0. The van der Waals surface area contributed by atoms with Crippen LogP contribution in [0.2, 0.25) is 0 Å². The number of amides is 2. The van der Waals surface area contributed by atoms with Gasteiger partial charge in [-0.2, -0.15) is 0 Å². The summed E-state index contributed by atoms with van der Waals surface area (Å²) < 4.78 is 30.7. The molecule has 1 unspecified atom stereocenters. The number of para-hydroxylation sites is 1. The number of carbonyl (C=O) groups excluding carboxylic acids is 2. The number of ether oxygens (including phenoxy) is 1.